The fourth-order valence-corrected chi connectivity index (χ4v) is 4.60. The van der Waals surface area contributed by atoms with E-state index in [1.807, 2.05) is 0 Å². The van der Waals surface area contributed by atoms with Gasteiger partial charge in [0.1, 0.15) is 4.90 Å². The van der Waals surface area contributed by atoms with Crippen molar-refractivity contribution in [2.75, 3.05) is 25.0 Å². The van der Waals surface area contributed by atoms with E-state index in [1.165, 1.54) is 22.8 Å². The summed E-state index contributed by atoms with van der Waals surface area (Å²) in [6.45, 7) is 1.02. The molecule has 2 amide bonds. The van der Waals surface area contributed by atoms with E-state index in [0.29, 0.717) is 43.2 Å². The molecule has 8 nitrogen and oxygen atoms in total. The summed E-state index contributed by atoms with van der Waals surface area (Å²) < 4.78 is 26.6. The van der Waals surface area contributed by atoms with Crippen molar-refractivity contribution in [2.45, 2.75) is 17.7 Å². The summed E-state index contributed by atoms with van der Waals surface area (Å²) in [7, 11) is -3.56. The Balaban J connectivity index is 1.45. The highest BCUT2D eigenvalue weighted by Crippen LogP contribution is 2.23. The number of halogens is 1. The number of nitrogens with one attached hydrogen (secondary N) is 2. The molecule has 0 spiro atoms. The molecule has 1 saturated heterocycles. The fourth-order valence-electron chi connectivity index (χ4n) is 3.04. The van der Waals surface area contributed by atoms with Crippen LogP contribution in [0.4, 0.5) is 5.69 Å². The quantitative estimate of drug-likeness (QED) is 0.696. The second-order valence-corrected chi connectivity index (χ2v) is 9.08. The van der Waals surface area contributed by atoms with Crippen molar-refractivity contribution in [3.05, 3.63) is 53.8 Å². The van der Waals surface area contributed by atoms with Crippen LogP contribution >= 0.6 is 11.6 Å². The highest BCUT2D eigenvalue weighted by molar-refractivity contribution is 7.89. The lowest BCUT2D eigenvalue weighted by Crippen LogP contribution is -2.43. The molecule has 2 N–H and O–H groups in total. The highest BCUT2D eigenvalue weighted by Gasteiger charge is 2.29. The molecule has 1 aliphatic heterocycles. The number of benzene rings is 1. The SMILES string of the molecule is O=C(NCC1CCN(S(=O)(=O)c2cccnc2)CC1)C(=O)Nc1ccc(Cl)cc1. The molecule has 10 heteroatoms. The summed E-state index contributed by atoms with van der Waals surface area (Å²) in [5.74, 6) is -1.39. The third kappa shape index (κ3) is 5.53. The Labute approximate surface area is 174 Å². The first-order chi connectivity index (χ1) is 13.9. The Morgan fingerprint density at radius 3 is 2.41 bits per heavy atom. The van der Waals surface area contributed by atoms with Gasteiger partial charge >= 0.3 is 11.8 Å². The van der Waals surface area contributed by atoms with Crippen molar-refractivity contribution < 1.29 is 18.0 Å². The minimum Gasteiger partial charge on any atom is -0.348 e. The summed E-state index contributed by atoms with van der Waals surface area (Å²) in [4.78, 5) is 28.0. The van der Waals surface area contributed by atoms with Crippen molar-refractivity contribution in [3.8, 4) is 0 Å². The molecule has 1 aliphatic rings. The average Bonchev–Trinajstić information content (AvgIpc) is 2.74. The van der Waals surface area contributed by atoms with E-state index >= 15 is 0 Å². The minimum atomic E-state index is -3.56. The van der Waals surface area contributed by atoms with E-state index in [9.17, 15) is 18.0 Å². The maximum atomic E-state index is 12.6. The summed E-state index contributed by atoms with van der Waals surface area (Å²) >= 11 is 5.78. The molecule has 1 aromatic heterocycles. The summed E-state index contributed by atoms with van der Waals surface area (Å²) in [5.41, 5.74) is 0.475. The third-order valence-corrected chi connectivity index (χ3v) is 6.84. The van der Waals surface area contributed by atoms with Crippen LogP contribution in [0.15, 0.2) is 53.7 Å². The van der Waals surface area contributed by atoms with E-state index in [1.54, 1.807) is 30.3 Å². The molecular formula is C19H21ClN4O4S. The number of amides is 2. The van der Waals surface area contributed by atoms with Gasteiger partial charge in [-0.15, -0.1) is 0 Å². The fraction of sp³-hybridized carbons (Fsp3) is 0.316. The van der Waals surface area contributed by atoms with Gasteiger partial charge in [0.15, 0.2) is 0 Å². The van der Waals surface area contributed by atoms with Gasteiger partial charge in [0.2, 0.25) is 10.0 Å². The Hall–Kier alpha value is -2.49. The first-order valence-electron chi connectivity index (χ1n) is 9.11. The standard InChI is InChI=1S/C19H21ClN4O4S/c20-15-3-5-16(6-4-15)23-19(26)18(25)22-12-14-7-10-24(11-8-14)29(27,28)17-2-1-9-21-13-17/h1-6,9,13-14H,7-8,10-12H2,(H,22,25)(H,23,26). The Kier molecular flexibility index (Phi) is 6.83. The van der Waals surface area contributed by atoms with Crippen LogP contribution in [0, 0.1) is 5.92 Å². The minimum absolute atomic E-state index is 0.0997. The first-order valence-corrected chi connectivity index (χ1v) is 10.9. The number of carbonyl (C=O) groups is 2. The topological polar surface area (TPSA) is 108 Å². The Bertz CT molecular complexity index is 959. The number of pyridine rings is 1. The molecule has 29 heavy (non-hydrogen) atoms. The maximum absolute atomic E-state index is 12.6. The van der Waals surface area contributed by atoms with E-state index in [2.05, 4.69) is 15.6 Å². The van der Waals surface area contributed by atoms with Crippen LogP contribution in [0.25, 0.3) is 0 Å². The van der Waals surface area contributed by atoms with Crippen LogP contribution in [0.3, 0.4) is 0 Å². The van der Waals surface area contributed by atoms with Crippen LogP contribution in [-0.4, -0.2) is 49.2 Å². The van der Waals surface area contributed by atoms with Gasteiger partial charge in [-0.25, -0.2) is 8.42 Å². The molecule has 154 valence electrons. The lowest BCUT2D eigenvalue weighted by molar-refractivity contribution is -0.136. The molecule has 2 heterocycles. The predicted molar refractivity (Wildman–Crippen MR) is 109 cm³/mol. The molecule has 0 atom stereocenters. The van der Waals surface area contributed by atoms with Crippen molar-refractivity contribution >= 4 is 39.1 Å². The van der Waals surface area contributed by atoms with Crippen LogP contribution < -0.4 is 10.6 Å². The van der Waals surface area contributed by atoms with Gasteiger partial charge < -0.3 is 10.6 Å². The van der Waals surface area contributed by atoms with Gasteiger partial charge in [-0.2, -0.15) is 4.31 Å². The van der Waals surface area contributed by atoms with Crippen LogP contribution in [-0.2, 0) is 19.6 Å². The second kappa shape index (κ2) is 9.34. The molecule has 1 aromatic carbocycles. The normalized spacial score (nSPS) is 15.6. The van der Waals surface area contributed by atoms with E-state index in [4.69, 9.17) is 11.6 Å². The zero-order valence-corrected chi connectivity index (χ0v) is 17.1. The highest BCUT2D eigenvalue weighted by atomic mass is 35.5. The summed E-state index contributed by atoms with van der Waals surface area (Å²) in [6.07, 6.45) is 4.05. The number of aromatic nitrogens is 1. The smallest absolute Gasteiger partial charge is 0.313 e. The van der Waals surface area contributed by atoms with Crippen LogP contribution in [0.5, 0.6) is 0 Å². The number of hydrogen-bond acceptors (Lipinski definition) is 5. The van der Waals surface area contributed by atoms with Gasteiger partial charge in [0.05, 0.1) is 0 Å². The zero-order valence-electron chi connectivity index (χ0n) is 15.5. The van der Waals surface area contributed by atoms with Gasteiger partial charge in [0.25, 0.3) is 0 Å². The molecule has 0 bridgehead atoms. The largest absolute Gasteiger partial charge is 0.348 e. The first kappa shape index (κ1) is 21.2. The number of piperidine rings is 1. The van der Waals surface area contributed by atoms with Gasteiger partial charge in [-0.1, -0.05) is 11.6 Å². The van der Waals surface area contributed by atoms with Crippen molar-refractivity contribution in [1.29, 1.82) is 0 Å². The zero-order chi connectivity index (χ0) is 20.9. The lowest BCUT2D eigenvalue weighted by atomic mass is 9.98. The molecule has 0 aliphatic carbocycles. The number of nitrogens with zero attached hydrogens (tertiary/aromatic N) is 2. The maximum Gasteiger partial charge on any atom is 0.313 e. The molecule has 0 radical (unpaired) electrons. The van der Waals surface area contributed by atoms with Gasteiger partial charge in [0, 0.05) is 42.7 Å². The van der Waals surface area contributed by atoms with Crippen LogP contribution in [0.2, 0.25) is 5.02 Å². The summed E-state index contributed by atoms with van der Waals surface area (Å²) in [5, 5.41) is 5.64. The number of hydrogen-bond donors (Lipinski definition) is 2. The lowest BCUT2D eigenvalue weighted by Gasteiger charge is -2.31. The van der Waals surface area contributed by atoms with Crippen molar-refractivity contribution in [3.63, 3.8) is 0 Å². The van der Waals surface area contributed by atoms with Crippen LogP contribution in [0.1, 0.15) is 12.8 Å². The van der Waals surface area contributed by atoms with E-state index in [0.717, 1.165) is 0 Å². The molecule has 1 fully saturated rings. The monoisotopic (exact) mass is 436 g/mol. The average molecular weight is 437 g/mol. The van der Waals surface area contributed by atoms with Crippen molar-refractivity contribution in [1.82, 2.24) is 14.6 Å². The molecule has 0 saturated carbocycles. The number of carbonyl (C=O) groups excluding carboxylic acids is 2. The molecule has 0 unspecified atom stereocenters. The predicted octanol–water partition coefficient (Wildman–Crippen LogP) is 1.89. The number of anilines is 1. The number of sulfonamides is 1. The van der Waals surface area contributed by atoms with Gasteiger partial charge in [-0.05, 0) is 55.2 Å². The van der Waals surface area contributed by atoms with E-state index < -0.39 is 21.8 Å². The molecule has 3 rings (SSSR count). The van der Waals surface area contributed by atoms with Crippen molar-refractivity contribution in [2.24, 2.45) is 5.92 Å². The Morgan fingerprint density at radius 2 is 1.79 bits per heavy atom. The number of rotatable bonds is 5. The third-order valence-electron chi connectivity index (χ3n) is 4.71. The van der Waals surface area contributed by atoms with E-state index in [-0.39, 0.29) is 10.8 Å². The second-order valence-electron chi connectivity index (χ2n) is 6.71. The summed E-state index contributed by atoms with van der Waals surface area (Å²) in [6, 6.07) is 9.54. The Morgan fingerprint density at radius 1 is 1.10 bits per heavy atom. The molecule has 2 aromatic rings. The van der Waals surface area contributed by atoms with Gasteiger partial charge in [-0.3, -0.25) is 14.6 Å². The molecular weight excluding hydrogens is 416 g/mol.